The zero-order chi connectivity index (χ0) is 22.4. The first-order valence-electron chi connectivity index (χ1n) is 10.6. The molecule has 2 aromatic carbocycles. The lowest BCUT2D eigenvalue weighted by Gasteiger charge is -2.13. The summed E-state index contributed by atoms with van der Waals surface area (Å²) in [5.41, 5.74) is 4.18. The Balaban J connectivity index is 1.79. The summed E-state index contributed by atoms with van der Waals surface area (Å²) in [5.74, 6) is 1.43. The summed E-state index contributed by atoms with van der Waals surface area (Å²) in [4.78, 5) is 16.7. The predicted octanol–water partition coefficient (Wildman–Crippen LogP) is 6.02. The second-order valence-corrected chi connectivity index (χ2v) is 8.18. The molecule has 0 fully saturated rings. The van der Waals surface area contributed by atoms with Crippen LogP contribution in [-0.4, -0.2) is 23.1 Å². The van der Waals surface area contributed by atoms with Crippen molar-refractivity contribution in [3.63, 3.8) is 0 Å². The van der Waals surface area contributed by atoms with Gasteiger partial charge in [-0.3, -0.25) is 4.79 Å². The molecule has 1 aromatic heterocycles. The number of carbonyl (C=O) groups is 1. The number of anilines is 1. The van der Waals surface area contributed by atoms with Gasteiger partial charge < -0.3 is 19.8 Å². The number of hydrogen-bond acceptors (Lipinski definition) is 5. The molecule has 3 aromatic rings. The fourth-order valence-corrected chi connectivity index (χ4v) is 3.47. The van der Waals surface area contributed by atoms with Crippen molar-refractivity contribution in [3.8, 4) is 17.2 Å². The highest BCUT2D eigenvalue weighted by Crippen LogP contribution is 2.32. The van der Waals surface area contributed by atoms with Crippen molar-refractivity contribution >= 4 is 40.0 Å². The van der Waals surface area contributed by atoms with E-state index >= 15 is 0 Å². The number of nitrogens with one attached hydrogen (secondary N) is 2. The van der Waals surface area contributed by atoms with Gasteiger partial charge in [0.1, 0.15) is 11.3 Å². The van der Waals surface area contributed by atoms with Gasteiger partial charge in [0, 0.05) is 12.0 Å². The van der Waals surface area contributed by atoms with Gasteiger partial charge in [-0.15, -0.1) is 0 Å². The van der Waals surface area contributed by atoms with Gasteiger partial charge in [0.2, 0.25) is 11.8 Å². The number of aromatic nitrogens is 1. The summed E-state index contributed by atoms with van der Waals surface area (Å²) in [6.45, 7) is 6.40. The molecule has 6 nitrogen and oxygen atoms in total. The predicted molar refractivity (Wildman–Crippen MR) is 129 cm³/mol. The van der Waals surface area contributed by atoms with Gasteiger partial charge >= 0.3 is 0 Å². The summed E-state index contributed by atoms with van der Waals surface area (Å²) < 4.78 is 11.4. The number of methoxy groups -OCH3 is 1. The number of hydrogen-bond donors (Lipinski definition) is 2. The van der Waals surface area contributed by atoms with Crippen LogP contribution in [0.2, 0.25) is 0 Å². The summed E-state index contributed by atoms with van der Waals surface area (Å²) >= 11 is 5.31. The van der Waals surface area contributed by atoms with Crippen LogP contribution in [0.3, 0.4) is 0 Å². The number of fused-ring (bicyclic) bond motifs is 1. The summed E-state index contributed by atoms with van der Waals surface area (Å²) in [6, 6.07) is 11.6. The van der Waals surface area contributed by atoms with Gasteiger partial charge in [0.15, 0.2) is 10.7 Å². The van der Waals surface area contributed by atoms with E-state index in [0.29, 0.717) is 29.7 Å². The van der Waals surface area contributed by atoms with Crippen molar-refractivity contribution in [2.45, 2.75) is 52.4 Å². The molecule has 0 aliphatic carbocycles. The van der Waals surface area contributed by atoms with E-state index in [2.05, 4.69) is 48.5 Å². The Morgan fingerprint density at radius 3 is 2.71 bits per heavy atom. The highest BCUT2D eigenvalue weighted by atomic mass is 32.1. The number of thiocarbonyl (C=S) groups is 1. The second-order valence-electron chi connectivity index (χ2n) is 7.78. The minimum atomic E-state index is -0.0963. The molecule has 0 unspecified atom stereocenters. The molecule has 0 aliphatic heterocycles. The van der Waals surface area contributed by atoms with Gasteiger partial charge in [-0.25, -0.2) is 4.98 Å². The molecule has 0 spiro atoms. The maximum absolute atomic E-state index is 12.0. The van der Waals surface area contributed by atoms with Crippen molar-refractivity contribution in [1.82, 2.24) is 10.3 Å². The SMILES string of the molecule is CCCCCC(=O)NC(=S)Nc1cc(-c2nc3cc(C(C)C)ccc3o2)ccc1OC. The van der Waals surface area contributed by atoms with Crippen molar-refractivity contribution < 1.29 is 13.9 Å². The van der Waals surface area contributed by atoms with E-state index < -0.39 is 0 Å². The van der Waals surface area contributed by atoms with Crippen LogP contribution in [0.25, 0.3) is 22.6 Å². The first-order valence-corrected chi connectivity index (χ1v) is 11.0. The van der Waals surface area contributed by atoms with E-state index in [4.69, 9.17) is 21.4 Å². The van der Waals surface area contributed by atoms with Gasteiger partial charge in [-0.05, 0) is 60.5 Å². The lowest BCUT2D eigenvalue weighted by Crippen LogP contribution is -2.34. The van der Waals surface area contributed by atoms with Crippen LogP contribution < -0.4 is 15.4 Å². The maximum atomic E-state index is 12.0. The standard InChI is InChI=1S/C24H29N3O3S/c1-5-6-7-8-22(28)27-24(31)26-18-14-17(10-11-20(18)29-4)23-25-19-13-16(15(2)3)9-12-21(19)30-23/h9-15H,5-8H2,1-4H3,(H2,26,27,28,31). The minimum Gasteiger partial charge on any atom is -0.495 e. The van der Waals surface area contributed by atoms with Crippen molar-refractivity contribution in [3.05, 3.63) is 42.0 Å². The van der Waals surface area contributed by atoms with Gasteiger partial charge in [-0.2, -0.15) is 0 Å². The van der Waals surface area contributed by atoms with Crippen LogP contribution >= 0.6 is 12.2 Å². The van der Waals surface area contributed by atoms with Crippen LogP contribution in [0.5, 0.6) is 5.75 Å². The molecule has 1 amide bonds. The molecular weight excluding hydrogens is 410 g/mol. The number of ether oxygens (including phenoxy) is 1. The lowest BCUT2D eigenvalue weighted by atomic mass is 10.0. The topological polar surface area (TPSA) is 76.4 Å². The molecule has 2 N–H and O–H groups in total. The van der Waals surface area contributed by atoms with Crippen molar-refractivity contribution in [2.24, 2.45) is 0 Å². The Kier molecular flexibility index (Phi) is 7.63. The molecule has 0 radical (unpaired) electrons. The van der Waals surface area contributed by atoms with Gasteiger partial charge in [0.05, 0.1) is 12.8 Å². The summed E-state index contributed by atoms with van der Waals surface area (Å²) in [7, 11) is 1.58. The monoisotopic (exact) mass is 439 g/mol. The third-order valence-electron chi connectivity index (χ3n) is 5.03. The fraction of sp³-hybridized carbons (Fsp3) is 0.375. The average Bonchev–Trinajstić information content (AvgIpc) is 3.17. The Hall–Kier alpha value is -2.93. The molecule has 31 heavy (non-hydrogen) atoms. The van der Waals surface area contributed by atoms with E-state index in [-0.39, 0.29) is 11.0 Å². The second kappa shape index (κ2) is 10.4. The largest absolute Gasteiger partial charge is 0.495 e. The number of benzene rings is 2. The highest BCUT2D eigenvalue weighted by molar-refractivity contribution is 7.80. The third-order valence-corrected chi connectivity index (χ3v) is 5.24. The van der Waals surface area contributed by atoms with Gasteiger partial charge in [0.25, 0.3) is 0 Å². The quantitative estimate of drug-likeness (QED) is 0.330. The van der Waals surface area contributed by atoms with Crippen molar-refractivity contribution in [2.75, 3.05) is 12.4 Å². The Bertz CT molecular complexity index is 1080. The third kappa shape index (κ3) is 5.82. The fourth-order valence-electron chi connectivity index (χ4n) is 3.24. The van der Waals surface area contributed by atoms with Gasteiger partial charge in [-0.1, -0.05) is 39.7 Å². The van der Waals surface area contributed by atoms with E-state index in [1.165, 1.54) is 5.56 Å². The lowest BCUT2D eigenvalue weighted by molar-refractivity contribution is -0.119. The Morgan fingerprint density at radius 1 is 1.19 bits per heavy atom. The number of carbonyl (C=O) groups excluding carboxylic acids is 1. The van der Waals surface area contributed by atoms with E-state index in [0.717, 1.165) is 35.9 Å². The van der Waals surface area contributed by atoms with Crippen molar-refractivity contribution in [1.29, 1.82) is 0 Å². The Labute approximate surface area is 188 Å². The number of rotatable bonds is 8. The molecule has 0 atom stereocenters. The van der Waals surface area contributed by atoms with Crippen LogP contribution in [0.15, 0.2) is 40.8 Å². The summed E-state index contributed by atoms with van der Waals surface area (Å²) in [5, 5.41) is 6.01. The molecular formula is C24H29N3O3S. The molecule has 0 bridgehead atoms. The minimum absolute atomic E-state index is 0.0963. The average molecular weight is 440 g/mol. The number of nitrogens with zero attached hydrogens (tertiary/aromatic N) is 1. The van der Waals surface area contributed by atoms with E-state index in [1.807, 2.05) is 24.3 Å². The summed E-state index contributed by atoms with van der Waals surface area (Å²) in [6.07, 6.45) is 3.38. The molecule has 164 valence electrons. The Morgan fingerprint density at radius 2 is 2.00 bits per heavy atom. The van der Waals surface area contributed by atoms with Crippen LogP contribution in [0, 0.1) is 0 Å². The number of oxazole rings is 1. The molecule has 0 saturated heterocycles. The van der Waals surface area contributed by atoms with Crippen LogP contribution in [0.1, 0.15) is 57.9 Å². The smallest absolute Gasteiger partial charge is 0.227 e. The molecule has 0 saturated carbocycles. The highest BCUT2D eigenvalue weighted by Gasteiger charge is 2.14. The maximum Gasteiger partial charge on any atom is 0.227 e. The number of amides is 1. The number of unbranched alkanes of at least 4 members (excludes halogenated alkanes) is 2. The molecule has 1 heterocycles. The molecule has 3 rings (SSSR count). The van der Waals surface area contributed by atoms with E-state index in [9.17, 15) is 4.79 Å². The first-order chi connectivity index (χ1) is 14.9. The zero-order valence-electron chi connectivity index (χ0n) is 18.5. The normalized spacial score (nSPS) is 11.0. The molecule has 0 aliphatic rings. The molecule has 7 heteroatoms. The van der Waals surface area contributed by atoms with E-state index in [1.54, 1.807) is 7.11 Å². The van der Waals surface area contributed by atoms with Crippen LogP contribution in [-0.2, 0) is 4.79 Å². The van der Waals surface area contributed by atoms with Crippen LogP contribution in [0.4, 0.5) is 5.69 Å². The first kappa shape index (κ1) is 22.7. The zero-order valence-corrected chi connectivity index (χ0v) is 19.3.